The fourth-order valence-corrected chi connectivity index (χ4v) is 3.88. The lowest BCUT2D eigenvalue weighted by molar-refractivity contribution is 0.205. The third-order valence-corrected chi connectivity index (χ3v) is 5.53. The zero-order valence-corrected chi connectivity index (χ0v) is 18.9. The number of carbonyl (C=O) groups is 1. The van der Waals surface area contributed by atoms with E-state index in [0.29, 0.717) is 24.9 Å². The number of amides is 2. The number of benzene rings is 2. The van der Waals surface area contributed by atoms with E-state index in [4.69, 9.17) is 9.26 Å². The Bertz CT molecular complexity index is 1120. The van der Waals surface area contributed by atoms with E-state index in [2.05, 4.69) is 15.5 Å². The van der Waals surface area contributed by atoms with Crippen LogP contribution in [0.25, 0.3) is 17.0 Å². The fraction of sp³-hybridized carbons (Fsp3) is 0.320. The highest BCUT2D eigenvalue weighted by atomic mass is 16.5. The van der Waals surface area contributed by atoms with Crippen molar-refractivity contribution in [1.29, 1.82) is 0 Å². The lowest BCUT2D eigenvalue weighted by atomic mass is 9.94. The van der Waals surface area contributed by atoms with E-state index in [9.17, 15) is 4.79 Å². The van der Waals surface area contributed by atoms with Crippen LogP contribution in [0.5, 0.6) is 5.75 Å². The van der Waals surface area contributed by atoms with Crippen molar-refractivity contribution in [3.05, 3.63) is 71.2 Å². The van der Waals surface area contributed by atoms with Gasteiger partial charge < -0.3 is 14.6 Å². The predicted molar refractivity (Wildman–Crippen MR) is 123 cm³/mol. The van der Waals surface area contributed by atoms with E-state index in [-0.39, 0.29) is 12.1 Å². The van der Waals surface area contributed by atoms with Crippen LogP contribution < -0.4 is 10.1 Å². The number of aromatic nitrogens is 2. The molecule has 0 saturated carbocycles. The summed E-state index contributed by atoms with van der Waals surface area (Å²) in [5.41, 5.74) is 4.59. The number of rotatable bonds is 7. The second kappa shape index (κ2) is 9.26. The maximum absolute atomic E-state index is 12.8. The summed E-state index contributed by atoms with van der Waals surface area (Å²) in [5.74, 6) is 1.69. The van der Waals surface area contributed by atoms with Crippen molar-refractivity contribution in [2.75, 3.05) is 13.2 Å². The normalized spacial score (nSPS) is 16.3. The number of nitrogens with one attached hydrogen (secondary N) is 1. The highest BCUT2D eigenvalue weighted by Gasteiger charge is 2.35. The highest BCUT2D eigenvalue weighted by molar-refractivity contribution is 5.86. The maximum Gasteiger partial charge on any atom is 0.322 e. The van der Waals surface area contributed by atoms with E-state index in [1.807, 2.05) is 76.2 Å². The van der Waals surface area contributed by atoms with Crippen LogP contribution in [0.1, 0.15) is 50.3 Å². The molecule has 7 heteroatoms. The first-order valence-electron chi connectivity index (χ1n) is 10.9. The predicted octanol–water partition coefficient (Wildman–Crippen LogP) is 5.35. The molecule has 2 aromatic carbocycles. The van der Waals surface area contributed by atoms with Gasteiger partial charge in [-0.2, -0.15) is 4.98 Å². The third-order valence-electron chi connectivity index (χ3n) is 5.53. The van der Waals surface area contributed by atoms with E-state index < -0.39 is 0 Å². The van der Waals surface area contributed by atoms with Crippen LogP contribution in [0, 0.1) is 6.92 Å². The maximum atomic E-state index is 12.8. The molecule has 0 aliphatic carbocycles. The highest BCUT2D eigenvalue weighted by Crippen LogP contribution is 2.37. The molecule has 0 bridgehead atoms. The summed E-state index contributed by atoms with van der Waals surface area (Å²) in [6.07, 6.45) is 0.842. The average molecular weight is 433 g/mol. The molecule has 4 rings (SSSR count). The molecule has 1 aromatic heterocycles. The van der Waals surface area contributed by atoms with Crippen molar-refractivity contribution in [1.82, 2.24) is 20.4 Å². The molecule has 0 saturated heterocycles. The smallest absolute Gasteiger partial charge is 0.322 e. The molecule has 1 N–H and O–H groups in total. The first-order chi connectivity index (χ1) is 15.5. The van der Waals surface area contributed by atoms with Gasteiger partial charge in [0.1, 0.15) is 5.75 Å². The molecule has 166 valence electrons. The molecule has 3 aromatic rings. The molecule has 1 atom stereocenters. The van der Waals surface area contributed by atoms with Crippen LogP contribution in [-0.4, -0.2) is 34.2 Å². The number of urea groups is 1. The minimum absolute atomic E-state index is 0.120. The van der Waals surface area contributed by atoms with Gasteiger partial charge in [-0.05, 0) is 57.0 Å². The number of hydrogen-bond acceptors (Lipinski definition) is 5. The van der Waals surface area contributed by atoms with E-state index in [1.54, 1.807) is 4.90 Å². The molecule has 2 heterocycles. The zero-order chi connectivity index (χ0) is 22.7. The Morgan fingerprint density at radius 1 is 1.06 bits per heavy atom. The summed E-state index contributed by atoms with van der Waals surface area (Å²) >= 11 is 0. The number of aryl methyl sites for hydroxylation is 1. The first-order valence-corrected chi connectivity index (χ1v) is 10.9. The Labute approximate surface area is 188 Å². The lowest BCUT2D eigenvalue weighted by Crippen LogP contribution is -2.46. The number of allylic oxidation sites excluding steroid dienone is 1. The van der Waals surface area contributed by atoms with E-state index in [0.717, 1.165) is 40.1 Å². The Balaban J connectivity index is 1.75. The molecule has 0 spiro atoms. The molecule has 1 unspecified atom stereocenters. The lowest BCUT2D eigenvalue weighted by Gasteiger charge is -2.35. The van der Waals surface area contributed by atoms with Crippen LogP contribution in [0.3, 0.4) is 0 Å². The third kappa shape index (κ3) is 4.23. The number of hydrogen-bond donors (Lipinski definition) is 1. The van der Waals surface area contributed by atoms with Gasteiger partial charge in [-0.3, -0.25) is 4.90 Å². The summed E-state index contributed by atoms with van der Waals surface area (Å²) in [7, 11) is 0. The average Bonchev–Trinajstić information content (AvgIpc) is 3.27. The molecule has 0 fully saturated rings. The van der Waals surface area contributed by atoms with Crippen LogP contribution in [0.4, 0.5) is 4.79 Å². The molecule has 1 aliphatic rings. The topological polar surface area (TPSA) is 80.5 Å². The van der Waals surface area contributed by atoms with Gasteiger partial charge in [-0.15, -0.1) is 0 Å². The molecule has 2 amide bonds. The molecular weight excluding hydrogens is 404 g/mol. The number of ether oxygens (including phenoxy) is 1. The van der Waals surface area contributed by atoms with Crippen LogP contribution in [0.2, 0.25) is 0 Å². The van der Waals surface area contributed by atoms with Gasteiger partial charge in [0, 0.05) is 17.8 Å². The first kappa shape index (κ1) is 21.6. The zero-order valence-electron chi connectivity index (χ0n) is 18.9. The quantitative estimate of drug-likeness (QED) is 0.544. The van der Waals surface area contributed by atoms with Crippen LogP contribution in [-0.2, 0) is 0 Å². The minimum Gasteiger partial charge on any atom is -0.494 e. The van der Waals surface area contributed by atoms with Crippen molar-refractivity contribution in [3.8, 4) is 17.1 Å². The Hall–Kier alpha value is -3.61. The Morgan fingerprint density at radius 2 is 1.78 bits per heavy atom. The van der Waals surface area contributed by atoms with E-state index >= 15 is 0 Å². The summed E-state index contributed by atoms with van der Waals surface area (Å²) in [4.78, 5) is 19.3. The molecule has 32 heavy (non-hydrogen) atoms. The van der Waals surface area contributed by atoms with E-state index in [1.165, 1.54) is 0 Å². The van der Waals surface area contributed by atoms with Crippen molar-refractivity contribution in [2.24, 2.45) is 0 Å². The van der Waals surface area contributed by atoms with Crippen molar-refractivity contribution >= 4 is 11.6 Å². The largest absolute Gasteiger partial charge is 0.494 e. The minimum atomic E-state index is -0.371. The van der Waals surface area contributed by atoms with Crippen molar-refractivity contribution in [3.63, 3.8) is 0 Å². The van der Waals surface area contributed by atoms with Gasteiger partial charge in [0.25, 0.3) is 5.89 Å². The molecule has 1 aliphatic heterocycles. The van der Waals surface area contributed by atoms with Gasteiger partial charge in [0.05, 0.1) is 18.2 Å². The van der Waals surface area contributed by atoms with Gasteiger partial charge in [0.2, 0.25) is 5.82 Å². The standard InChI is InChI=1S/C25H28N4O3/c1-5-15-29-17(4)21(22(26-25(29)30)18-9-7-16(3)8-10-18)24-27-23(28-32-24)19-11-13-20(14-12-19)31-6-2/h7-14,22H,5-6,15H2,1-4H3,(H,26,30). The number of nitrogens with zero attached hydrogens (tertiary/aromatic N) is 3. The Kier molecular flexibility index (Phi) is 6.25. The summed E-state index contributed by atoms with van der Waals surface area (Å²) in [6.45, 7) is 9.19. The van der Waals surface area contributed by atoms with Gasteiger partial charge in [-0.1, -0.05) is 41.9 Å². The van der Waals surface area contributed by atoms with Gasteiger partial charge >= 0.3 is 6.03 Å². The monoisotopic (exact) mass is 432 g/mol. The summed E-state index contributed by atoms with van der Waals surface area (Å²) in [5, 5.41) is 7.33. The van der Waals surface area contributed by atoms with Crippen LogP contribution >= 0.6 is 0 Å². The molecule has 0 radical (unpaired) electrons. The SMILES string of the molecule is CCCN1C(=O)NC(c2ccc(C)cc2)C(c2nc(-c3ccc(OCC)cc3)no2)=C1C. The van der Waals surface area contributed by atoms with Crippen molar-refractivity contribution < 1.29 is 14.1 Å². The van der Waals surface area contributed by atoms with Crippen LogP contribution in [0.15, 0.2) is 58.8 Å². The second-order valence-corrected chi connectivity index (χ2v) is 7.82. The fourth-order valence-electron chi connectivity index (χ4n) is 3.88. The van der Waals surface area contributed by atoms with Crippen molar-refractivity contribution in [2.45, 2.75) is 40.2 Å². The Morgan fingerprint density at radius 3 is 2.44 bits per heavy atom. The molecular formula is C25H28N4O3. The van der Waals surface area contributed by atoms with Gasteiger partial charge in [-0.25, -0.2) is 4.79 Å². The molecule has 7 nitrogen and oxygen atoms in total. The second-order valence-electron chi connectivity index (χ2n) is 7.82. The number of carbonyl (C=O) groups excluding carboxylic acids is 1. The summed E-state index contributed by atoms with van der Waals surface area (Å²) in [6, 6.07) is 15.2. The summed E-state index contributed by atoms with van der Waals surface area (Å²) < 4.78 is 11.2. The van der Waals surface area contributed by atoms with Gasteiger partial charge in [0.15, 0.2) is 0 Å².